The third-order valence-electron chi connectivity index (χ3n) is 5.18. The Labute approximate surface area is 168 Å². The first kappa shape index (κ1) is 20.6. The molecule has 0 atom stereocenters. The van der Waals surface area contributed by atoms with Crippen molar-refractivity contribution in [1.29, 1.82) is 0 Å². The van der Waals surface area contributed by atoms with Crippen LogP contribution >= 0.6 is 0 Å². The van der Waals surface area contributed by atoms with Crippen LogP contribution in [0.1, 0.15) is 18.4 Å². The standard InChI is InChI=1S/C21H24N2O6/c1-27-17-7-8-19(18(13-17)23(25)26)29-14-20(24)22-15-21(9-11-28-12-10-21)16-5-3-2-4-6-16/h2-8,13H,9-12,14-15H2,1H3,(H,22,24). The number of rotatable bonds is 8. The van der Waals surface area contributed by atoms with Crippen LogP contribution in [0.25, 0.3) is 0 Å². The van der Waals surface area contributed by atoms with Gasteiger partial charge in [-0.05, 0) is 30.5 Å². The van der Waals surface area contributed by atoms with E-state index in [-0.39, 0.29) is 29.4 Å². The molecule has 1 aliphatic heterocycles. The van der Waals surface area contributed by atoms with Gasteiger partial charge >= 0.3 is 5.69 Å². The second kappa shape index (κ2) is 9.38. The van der Waals surface area contributed by atoms with Crippen LogP contribution in [0.2, 0.25) is 0 Å². The molecule has 0 unspecified atom stereocenters. The van der Waals surface area contributed by atoms with Gasteiger partial charge in [-0.2, -0.15) is 0 Å². The molecule has 2 aromatic carbocycles. The molecule has 0 spiro atoms. The summed E-state index contributed by atoms with van der Waals surface area (Å²) >= 11 is 0. The van der Waals surface area contributed by atoms with E-state index in [2.05, 4.69) is 17.4 Å². The number of nitrogens with one attached hydrogen (secondary N) is 1. The molecule has 1 heterocycles. The third kappa shape index (κ3) is 5.03. The number of nitrogens with zero attached hydrogens (tertiary/aromatic N) is 1. The van der Waals surface area contributed by atoms with E-state index in [1.165, 1.54) is 19.2 Å². The van der Waals surface area contributed by atoms with E-state index in [9.17, 15) is 14.9 Å². The molecule has 3 rings (SSSR count). The lowest BCUT2D eigenvalue weighted by Crippen LogP contribution is -2.45. The van der Waals surface area contributed by atoms with Gasteiger partial charge in [0, 0.05) is 25.2 Å². The van der Waals surface area contributed by atoms with Gasteiger partial charge in [-0.15, -0.1) is 0 Å². The summed E-state index contributed by atoms with van der Waals surface area (Å²) in [5, 5.41) is 14.1. The van der Waals surface area contributed by atoms with E-state index in [1.54, 1.807) is 6.07 Å². The molecule has 8 nitrogen and oxygen atoms in total. The Morgan fingerprint density at radius 1 is 1.21 bits per heavy atom. The Morgan fingerprint density at radius 2 is 1.93 bits per heavy atom. The van der Waals surface area contributed by atoms with Crippen LogP contribution in [0.3, 0.4) is 0 Å². The largest absolute Gasteiger partial charge is 0.496 e. The highest BCUT2D eigenvalue weighted by Crippen LogP contribution is 2.34. The Balaban J connectivity index is 1.63. The minimum atomic E-state index is -0.567. The molecule has 154 valence electrons. The zero-order chi connectivity index (χ0) is 20.7. The van der Waals surface area contributed by atoms with Crippen LogP contribution in [0.15, 0.2) is 48.5 Å². The van der Waals surface area contributed by atoms with Crippen molar-refractivity contribution in [2.24, 2.45) is 0 Å². The minimum absolute atomic E-state index is 0.0230. The number of nitro groups is 1. The molecule has 8 heteroatoms. The van der Waals surface area contributed by atoms with Gasteiger partial charge < -0.3 is 19.5 Å². The molecule has 0 aromatic heterocycles. The Bertz CT molecular complexity index is 850. The fourth-order valence-corrected chi connectivity index (χ4v) is 3.47. The summed E-state index contributed by atoms with van der Waals surface area (Å²) in [5.74, 6) is 0.0320. The molecule has 0 bridgehead atoms. The molecule has 1 saturated heterocycles. The summed E-state index contributed by atoms with van der Waals surface area (Å²) in [6, 6.07) is 14.3. The molecular formula is C21H24N2O6. The zero-order valence-corrected chi connectivity index (χ0v) is 16.3. The predicted octanol–water partition coefficient (Wildman–Crippen LogP) is 2.85. The van der Waals surface area contributed by atoms with E-state index in [4.69, 9.17) is 14.2 Å². The maximum atomic E-state index is 12.4. The fourth-order valence-electron chi connectivity index (χ4n) is 3.47. The number of hydrogen-bond donors (Lipinski definition) is 1. The summed E-state index contributed by atoms with van der Waals surface area (Å²) in [6.45, 7) is 1.42. The number of benzene rings is 2. The maximum Gasteiger partial charge on any atom is 0.314 e. The number of hydrogen-bond acceptors (Lipinski definition) is 6. The normalized spacial score (nSPS) is 15.3. The highest BCUT2D eigenvalue weighted by Gasteiger charge is 2.34. The van der Waals surface area contributed by atoms with E-state index in [0.29, 0.717) is 25.5 Å². The van der Waals surface area contributed by atoms with Crippen molar-refractivity contribution in [2.75, 3.05) is 33.5 Å². The summed E-state index contributed by atoms with van der Waals surface area (Å²) in [5.41, 5.74) is 0.721. The molecular weight excluding hydrogens is 376 g/mol. The summed E-state index contributed by atoms with van der Waals surface area (Å²) < 4.78 is 15.9. The lowest BCUT2D eigenvalue weighted by atomic mass is 9.74. The summed E-state index contributed by atoms with van der Waals surface area (Å²) in [6.07, 6.45) is 1.62. The molecule has 1 fully saturated rings. The number of amides is 1. The number of carbonyl (C=O) groups excluding carboxylic acids is 1. The average Bonchev–Trinajstić information content (AvgIpc) is 2.77. The minimum Gasteiger partial charge on any atom is -0.496 e. The first-order valence-electron chi connectivity index (χ1n) is 9.39. The van der Waals surface area contributed by atoms with Crippen LogP contribution in [0.4, 0.5) is 5.69 Å². The van der Waals surface area contributed by atoms with Crippen LogP contribution in [-0.4, -0.2) is 44.3 Å². The topological polar surface area (TPSA) is 99.9 Å². The first-order chi connectivity index (χ1) is 14.0. The smallest absolute Gasteiger partial charge is 0.314 e. The zero-order valence-electron chi connectivity index (χ0n) is 16.3. The number of carbonyl (C=O) groups is 1. The van der Waals surface area contributed by atoms with Crippen molar-refractivity contribution >= 4 is 11.6 Å². The molecule has 1 aliphatic rings. The van der Waals surface area contributed by atoms with E-state index < -0.39 is 4.92 Å². The van der Waals surface area contributed by atoms with Crippen LogP contribution in [0.5, 0.6) is 11.5 Å². The molecule has 0 aliphatic carbocycles. The number of nitro benzene ring substituents is 1. The van der Waals surface area contributed by atoms with Crippen LogP contribution in [0, 0.1) is 10.1 Å². The number of ether oxygens (including phenoxy) is 3. The quantitative estimate of drug-likeness (QED) is 0.540. The molecule has 1 N–H and O–H groups in total. The van der Waals surface area contributed by atoms with Crippen molar-refractivity contribution in [2.45, 2.75) is 18.3 Å². The predicted molar refractivity (Wildman–Crippen MR) is 106 cm³/mol. The Kier molecular flexibility index (Phi) is 6.66. The highest BCUT2D eigenvalue weighted by atomic mass is 16.6. The van der Waals surface area contributed by atoms with Crippen molar-refractivity contribution in [3.05, 3.63) is 64.2 Å². The van der Waals surface area contributed by atoms with Crippen molar-refractivity contribution < 1.29 is 23.9 Å². The molecule has 29 heavy (non-hydrogen) atoms. The van der Waals surface area contributed by atoms with Gasteiger partial charge in [0.25, 0.3) is 5.91 Å². The van der Waals surface area contributed by atoms with Crippen molar-refractivity contribution in [3.8, 4) is 11.5 Å². The summed E-state index contributed by atoms with van der Waals surface area (Å²) in [7, 11) is 1.42. The van der Waals surface area contributed by atoms with Gasteiger partial charge in [-0.25, -0.2) is 0 Å². The lowest BCUT2D eigenvalue weighted by molar-refractivity contribution is -0.385. The lowest BCUT2D eigenvalue weighted by Gasteiger charge is -2.38. The monoisotopic (exact) mass is 400 g/mol. The van der Waals surface area contributed by atoms with E-state index >= 15 is 0 Å². The fraction of sp³-hybridized carbons (Fsp3) is 0.381. The average molecular weight is 400 g/mol. The number of methoxy groups -OCH3 is 1. The van der Waals surface area contributed by atoms with Gasteiger partial charge in [-0.3, -0.25) is 14.9 Å². The van der Waals surface area contributed by atoms with Crippen molar-refractivity contribution in [3.63, 3.8) is 0 Å². The summed E-state index contributed by atoms with van der Waals surface area (Å²) in [4.78, 5) is 23.0. The molecule has 1 amide bonds. The SMILES string of the molecule is COc1ccc(OCC(=O)NCC2(c3ccccc3)CCOCC2)c([N+](=O)[O-])c1. The second-order valence-electron chi connectivity index (χ2n) is 6.91. The maximum absolute atomic E-state index is 12.4. The van der Waals surface area contributed by atoms with Gasteiger partial charge in [0.15, 0.2) is 12.4 Å². The van der Waals surface area contributed by atoms with E-state index in [0.717, 1.165) is 18.4 Å². The highest BCUT2D eigenvalue weighted by molar-refractivity contribution is 5.77. The van der Waals surface area contributed by atoms with Crippen molar-refractivity contribution in [1.82, 2.24) is 5.32 Å². The van der Waals surface area contributed by atoms with Crippen LogP contribution in [-0.2, 0) is 14.9 Å². The van der Waals surface area contributed by atoms with Gasteiger partial charge in [0.2, 0.25) is 0 Å². The van der Waals surface area contributed by atoms with Gasteiger partial charge in [-0.1, -0.05) is 30.3 Å². The Hall–Kier alpha value is -3.13. The third-order valence-corrected chi connectivity index (χ3v) is 5.18. The first-order valence-corrected chi connectivity index (χ1v) is 9.39. The molecule has 0 saturated carbocycles. The second-order valence-corrected chi connectivity index (χ2v) is 6.91. The molecule has 0 radical (unpaired) electrons. The van der Waals surface area contributed by atoms with Gasteiger partial charge in [0.1, 0.15) is 5.75 Å². The molecule has 2 aromatic rings. The van der Waals surface area contributed by atoms with Gasteiger partial charge in [0.05, 0.1) is 18.1 Å². The Morgan fingerprint density at radius 3 is 2.59 bits per heavy atom. The van der Waals surface area contributed by atoms with Crippen LogP contribution < -0.4 is 14.8 Å². The van der Waals surface area contributed by atoms with E-state index in [1.807, 2.05) is 18.2 Å².